The molecule has 2 aromatic rings. The Kier molecular flexibility index (Phi) is 4.76. The third-order valence-electron chi connectivity index (χ3n) is 3.68. The molecule has 1 aliphatic rings. The number of carbonyl (C=O) groups is 1. The molecule has 0 aliphatic carbocycles. The highest BCUT2D eigenvalue weighted by Crippen LogP contribution is 2.27. The molecular formula is C18H14FNO3S. The Hall–Kier alpha value is -2.47. The molecule has 6 heteroatoms. The summed E-state index contributed by atoms with van der Waals surface area (Å²) in [6.45, 7) is 0. The lowest BCUT2D eigenvalue weighted by atomic mass is 10.1. The third-order valence-corrected chi connectivity index (χ3v) is 4.75. The van der Waals surface area contributed by atoms with Gasteiger partial charge < -0.3 is 5.11 Å². The first-order chi connectivity index (χ1) is 11.5. The number of hydrogen-bond acceptors (Lipinski definition) is 5. The molecule has 0 spiro atoms. The van der Waals surface area contributed by atoms with Gasteiger partial charge in [-0.3, -0.25) is 9.59 Å². The Morgan fingerprint density at radius 1 is 1.17 bits per heavy atom. The minimum absolute atomic E-state index is 0.00636. The first-order valence-corrected chi connectivity index (χ1v) is 8.29. The van der Waals surface area contributed by atoms with E-state index < -0.39 is 17.0 Å². The standard InChI is InChI=1S/C18H14FNO3S/c19-13-7-9-14(12-3-1-2-4-16(21)18(12)23)20-15(13)8-5-11-6-10-17(22)24-11/h1-4,6-7,9-11H,5,8H2,(H,21,23). The van der Waals surface area contributed by atoms with Crippen molar-refractivity contribution in [3.05, 3.63) is 70.3 Å². The average molecular weight is 343 g/mol. The predicted molar refractivity (Wildman–Crippen MR) is 91.4 cm³/mol. The van der Waals surface area contributed by atoms with Crippen molar-refractivity contribution < 1.29 is 14.3 Å². The zero-order valence-corrected chi connectivity index (χ0v) is 13.4. The van der Waals surface area contributed by atoms with Crippen molar-refractivity contribution in [1.82, 2.24) is 4.98 Å². The van der Waals surface area contributed by atoms with Crippen LogP contribution in [0.25, 0.3) is 11.3 Å². The third kappa shape index (κ3) is 3.54. The van der Waals surface area contributed by atoms with Crippen LogP contribution in [0.3, 0.4) is 0 Å². The lowest BCUT2D eigenvalue weighted by Gasteiger charge is -2.08. The number of thioether (sulfide) groups is 1. The van der Waals surface area contributed by atoms with Crippen molar-refractivity contribution in [2.75, 3.05) is 0 Å². The molecule has 1 atom stereocenters. The zero-order valence-electron chi connectivity index (χ0n) is 12.6. The van der Waals surface area contributed by atoms with Gasteiger partial charge in [-0.2, -0.15) is 0 Å². The molecule has 24 heavy (non-hydrogen) atoms. The molecule has 2 heterocycles. The smallest absolute Gasteiger partial charge is 0.220 e. The van der Waals surface area contributed by atoms with Gasteiger partial charge in [-0.15, -0.1) is 0 Å². The van der Waals surface area contributed by atoms with Crippen LogP contribution >= 0.6 is 11.8 Å². The van der Waals surface area contributed by atoms with Crippen LogP contribution < -0.4 is 5.43 Å². The molecule has 122 valence electrons. The summed E-state index contributed by atoms with van der Waals surface area (Å²) in [5, 5.41) is 10.0. The van der Waals surface area contributed by atoms with E-state index in [1.165, 1.54) is 42.1 Å². The lowest BCUT2D eigenvalue weighted by Crippen LogP contribution is -2.04. The molecule has 0 bridgehead atoms. The first-order valence-electron chi connectivity index (χ1n) is 7.41. The zero-order chi connectivity index (χ0) is 17.1. The van der Waals surface area contributed by atoms with Crippen LogP contribution in [-0.2, 0) is 11.2 Å². The van der Waals surface area contributed by atoms with Crippen molar-refractivity contribution in [2.24, 2.45) is 0 Å². The monoisotopic (exact) mass is 343 g/mol. The largest absolute Gasteiger partial charge is 0.504 e. The van der Waals surface area contributed by atoms with Crippen LogP contribution in [0.2, 0.25) is 0 Å². The van der Waals surface area contributed by atoms with E-state index in [1.807, 2.05) is 6.08 Å². The molecule has 0 saturated heterocycles. The number of halogens is 1. The van der Waals surface area contributed by atoms with E-state index in [-0.39, 0.29) is 21.6 Å². The number of nitrogens with zero attached hydrogens (tertiary/aromatic N) is 1. The van der Waals surface area contributed by atoms with Crippen LogP contribution in [0.5, 0.6) is 5.75 Å². The fourth-order valence-electron chi connectivity index (χ4n) is 2.45. The summed E-state index contributed by atoms with van der Waals surface area (Å²) in [5.74, 6) is -0.857. The van der Waals surface area contributed by atoms with Gasteiger partial charge in [-0.05, 0) is 43.2 Å². The van der Waals surface area contributed by atoms with Crippen LogP contribution in [0.4, 0.5) is 4.39 Å². The fourth-order valence-corrected chi connectivity index (χ4v) is 3.30. The number of hydrogen-bond donors (Lipinski definition) is 1. The summed E-state index contributed by atoms with van der Waals surface area (Å²) in [7, 11) is 0. The van der Waals surface area contributed by atoms with Gasteiger partial charge >= 0.3 is 0 Å². The van der Waals surface area contributed by atoms with Gasteiger partial charge in [0.2, 0.25) is 10.5 Å². The number of pyridine rings is 1. The van der Waals surface area contributed by atoms with E-state index in [4.69, 9.17) is 0 Å². The number of carbonyl (C=O) groups excluding carboxylic acids is 1. The normalized spacial score (nSPS) is 16.5. The summed E-state index contributed by atoms with van der Waals surface area (Å²) < 4.78 is 14.0. The molecule has 1 aliphatic heterocycles. The highest BCUT2D eigenvalue weighted by atomic mass is 32.2. The lowest BCUT2D eigenvalue weighted by molar-refractivity contribution is -0.106. The van der Waals surface area contributed by atoms with Gasteiger partial charge in [0.05, 0.1) is 11.4 Å². The highest BCUT2D eigenvalue weighted by molar-refractivity contribution is 8.15. The van der Waals surface area contributed by atoms with Crippen molar-refractivity contribution in [1.29, 1.82) is 0 Å². The van der Waals surface area contributed by atoms with Gasteiger partial charge in [0, 0.05) is 10.8 Å². The summed E-state index contributed by atoms with van der Waals surface area (Å²) in [5.41, 5.74) is 0.326. The summed E-state index contributed by atoms with van der Waals surface area (Å²) in [4.78, 5) is 27.2. The quantitative estimate of drug-likeness (QED) is 0.924. The number of aromatic nitrogens is 1. The van der Waals surface area contributed by atoms with Crippen molar-refractivity contribution in [2.45, 2.75) is 18.1 Å². The number of aromatic hydroxyl groups is 1. The van der Waals surface area contributed by atoms with E-state index in [0.29, 0.717) is 18.5 Å². The number of aryl methyl sites for hydroxylation is 1. The van der Waals surface area contributed by atoms with Crippen molar-refractivity contribution in [3.63, 3.8) is 0 Å². The van der Waals surface area contributed by atoms with Gasteiger partial charge in [0.15, 0.2) is 5.75 Å². The van der Waals surface area contributed by atoms with Crippen LogP contribution in [0.1, 0.15) is 12.1 Å². The molecule has 0 amide bonds. The second-order valence-corrected chi connectivity index (χ2v) is 6.59. The molecular weight excluding hydrogens is 329 g/mol. The second kappa shape index (κ2) is 6.97. The van der Waals surface area contributed by atoms with E-state index in [9.17, 15) is 19.1 Å². The Balaban J connectivity index is 1.88. The summed E-state index contributed by atoms with van der Waals surface area (Å²) >= 11 is 1.21. The van der Waals surface area contributed by atoms with E-state index in [0.717, 1.165) is 0 Å². The Bertz CT molecular complexity index is 882. The van der Waals surface area contributed by atoms with E-state index in [2.05, 4.69) is 4.98 Å². The minimum atomic E-state index is -0.520. The van der Waals surface area contributed by atoms with Crippen molar-refractivity contribution >= 4 is 16.9 Å². The second-order valence-electron chi connectivity index (χ2n) is 5.34. The van der Waals surface area contributed by atoms with Gasteiger partial charge in [0.1, 0.15) is 5.82 Å². The highest BCUT2D eigenvalue weighted by Gasteiger charge is 2.18. The summed E-state index contributed by atoms with van der Waals surface area (Å²) in [6, 6.07) is 8.67. The summed E-state index contributed by atoms with van der Waals surface area (Å²) in [6.07, 6.45) is 4.27. The molecule has 3 rings (SSSR count). The molecule has 1 aromatic heterocycles. The maximum atomic E-state index is 14.0. The van der Waals surface area contributed by atoms with Crippen LogP contribution in [0, 0.1) is 5.82 Å². The van der Waals surface area contributed by atoms with E-state index in [1.54, 1.807) is 12.1 Å². The maximum Gasteiger partial charge on any atom is 0.220 e. The van der Waals surface area contributed by atoms with Gasteiger partial charge in [-0.25, -0.2) is 9.37 Å². The molecule has 1 unspecified atom stereocenters. The topological polar surface area (TPSA) is 67.3 Å². The number of rotatable bonds is 4. The Morgan fingerprint density at radius 2 is 1.96 bits per heavy atom. The van der Waals surface area contributed by atoms with E-state index >= 15 is 0 Å². The molecule has 0 saturated carbocycles. The predicted octanol–water partition coefficient (Wildman–Crippen LogP) is 3.08. The molecule has 1 N–H and O–H groups in total. The molecule has 4 nitrogen and oxygen atoms in total. The van der Waals surface area contributed by atoms with Gasteiger partial charge in [-0.1, -0.05) is 30.0 Å². The Morgan fingerprint density at radius 3 is 2.71 bits per heavy atom. The first kappa shape index (κ1) is 16.4. The fraction of sp³-hybridized carbons (Fsp3) is 0.167. The molecule has 1 aromatic carbocycles. The Labute approximate surface area is 142 Å². The van der Waals surface area contributed by atoms with Crippen LogP contribution in [0.15, 0.2) is 53.3 Å². The van der Waals surface area contributed by atoms with Gasteiger partial charge in [0.25, 0.3) is 0 Å². The maximum absolute atomic E-state index is 14.0. The SMILES string of the molecule is O=C1C=CC(CCc2nc(-c3ccccc(=O)c3O)ccc2F)S1. The molecule has 0 fully saturated rings. The van der Waals surface area contributed by atoms with Crippen molar-refractivity contribution in [3.8, 4) is 17.0 Å². The van der Waals surface area contributed by atoms with Crippen LogP contribution in [-0.4, -0.2) is 20.5 Å². The average Bonchev–Trinajstić information content (AvgIpc) is 2.91. The molecule has 0 radical (unpaired) electrons. The minimum Gasteiger partial charge on any atom is -0.504 e.